The summed E-state index contributed by atoms with van der Waals surface area (Å²) >= 11 is 0. The molecule has 3 aromatic rings. The molecule has 6 heteroatoms. The van der Waals surface area contributed by atoms with Gasteiger partial charge in [0, 0.05) is 19.7 Å². The second-order valence-electron chi connectivity index (χ2n) is 4.35. The second kappa shape index (κ2) is 3.94. The van der Waals surface area contributed by atoms with Crippen molar-refractivity contribution in [3.8, 4) is 11.4 Å². The Hall–Kier alpha value is -2.63. The van der Waals surface area contributed by atoms with Gasteiger partial charge in [0.2, 0.25) is 0 Å². The number of fused-ring (bicyclic) bond motifs is 1. The molecule has 19 heavy (non-hydrogen) atoms. The first-order chi connectivity index (χ1) is 9.09. The van der Waals surface area contributed by atoms with Gasteiger partial charge in [-0.15, -0.1) is 0 Å². The van der Waals surface area contributed by atoms with Gasteiger partial charge < -0.3 is 4.57 Å². The lowest BCUT2D eigenvalue weighted by Gasteiger charge is -2.00. The third-order valence-electron chi connectivity index (χ3n) is 3.17. The number of nitrogens with zero attached hydrogens (tertiary/aromatic N) is 3. The summed E-state index contributed by atoms with van der Waals surface area (Å²) in [5.74, 6) is 0.655. The van der Waals surface area contributed by atoms with Crippen molar-refractivity contribution in [3.63, 3.8) is 0 Å². The molecule has 0 fully saturated rings. The van der Waals surface area contributed by atoms with Crippen LogP contribution in [0, 0.1) is 0 Å². The van der Waals surface area contributed by atoms with Crippen LogP contribution in [0.3, 0.4) is 0 Å². The molecule has 0 unspecified atom stereocenters. The van der Waals surface area contributed by atoms with Gasteiger partial charge in [-0.25, -0.2) is 9.78 Å². The summed E-state index contributed by atoms with van der Waals surface area (Å²) in [5, 5.41) is 0. The molecule has 0 radical (unpaired) electrons. The molecular weight excluding hydrogens is 244 g/mol. The van der Waals surface area contributed by atoms with Crippen LogP contribution in [0.1, 0.15) is 0 Å². The van der Waals surface area contributed by atoms with Gasteiger partial charge in [0.05, 0.1) is 0 Å². The predicted octanol–water partition coefficient (Wildman–Crippen LogP) is 0.627. The van der Waals surface area contributed by atoms with Crippen LogP contribution in [0.4, 0.5) is 0 Å². The van der Waals surface area contributed by atoms with Crippen LogP contribution in [-0.2, 0) is 14.1 Å². The molecule has 0 spiro atoms. The van der Waals surface area contributed by atoms with Crippen molar-refractivity contribution < 1.29 is 0 Å². The number of rotatable bonds is 1. The molecule has 1 N–H and O–H groups in total. The predicted molar refractivity (Wildman–Crippen MR) is 72.0 cm³/mol. The summed E-state index contributed by atoms with van der Waals surface area (Å²) in [6, 6.07) is 9.53. The first-order valence-corrected chi connectivity index (χ1v) is 5.80. The average Bonchev–Trinajstić information content (AvgIpc) is 2.76. The summed E-state index contributed by atoms with van der Waals surface area (Å²) in [6.45, 7) is 0. The molecule has 2 heterocycles. The zero-order chi connectivity index (χ0) is 13.6. The minimum Gasteiger partial charge on any atom is -0.321 e. The van der Waals surface area contributed by atoms with Crippen molar-refractivity contribution in [3.05, 3.63) is 51.2 Å². The summed E-state index contributed by atoms with van der Waals surface area (Å²) in [5.41, 5.74) is 0.787. The number of benzene rings is 1. The van der Waals surface area contributed by atoms with E-state index in [0.717, 1.165) is 5.56 Å². The molecule has 0 aliphatic heterocycles. The molecule has 3 rings (SSSR count). The maximum atomic E-state index is 11.9. The Morgan fingerprint density at radius 2 is 1.74 bits per heavy atom. The smallest absolute Gasteiger partial charge is 0.321 e. The standard InChI is InChI=1S/C13H12N4O2/c1-16-9-11(17(2)13(19)15-12(9)18)14-10(16)8-6-4-3-5-7-8/h3-7H,1-2H3,(H,15,18,19). The molecule has 0 aliphatic carbocycles. The Morgan fingerprint density at radius 1 is 1.05 bits per heavy atom. The Bertz CT molecular complexity index is 871. The van der Waals surface area contributed by atoms with Crippen molar-refractivity contribution >= 4 is 11.2 Å². The number of nitrogens with one attached hydrogen (secondary N) is 1. The maximum absolute atomic E-state index is 11.9. The fourth-order valence-corrected chi connectivity index (χ4v) is 2.15. The molecule has 0 saturated carbocycles. The zero-order valence-corrected chi connectivity index (χ0v) is 10.5. The van der Waals surface area contributed by atoms with E-state index in [1.807, 2.05) is 30.3 Å². The number of aromatic amines is 1. The van der Waals surface area contributed by atoms with Crippen LogP contribution >= 0.6 is 0 Å². The van der Waals surface area contributed by atoms with E-state index >= 15 is 0 Å². The van der Waals surface area contributed by atoms with Crippen LogP contribution in [0.2, 0.25) is 0 Å². The Balaban J connectivity index is 2.45. The lowest BCUT2D eigenvalue weighted by molar-refractivity contribution is 0.829. The Morgan fingerprint density at radius 3 is 2.42 bits per heavy atom. The first-order valence-electron chi connectivity index (χ1n) is 5.80. The van der Waals surface area contributed by atoms with Crippen molar-refractivity contribution in [2.45, 2.75) is 0 Å². The lowest BCUT2D eigenvalue weighted by atomic mass is 10.2. The van der Waals surface area contributed by atoms with Crippen LogP contribution in [0.25, 0.3) is 22.6 Å². The highest BCUT2D eigenvalue weighted by Gasteiger charge is 2.15. The molecule has 0 atom stereocenters. The first kappa shape index (κ1) is 11.5. The number of hydrogen-bond donors (Lipinski definition) is 1. The molecule has 1 aromatic carbocycles. The van der Waals surface area contributed by atoms with E-state index in [-0.39, 0.29) is 0 Å². The van der Waals surface area contributed by atoms with E-state index in [0.29, 0.717) is 17.0 Å². The van der Waals surface area contributed by atoms with Crippen molar-refractivity contribution in [1.82, 2.24) is 19.1 Å². The molecule has 6 nitrogen and oxygen atoms in total. The van der Waals surface area contributed by atoms with Crippen molar-refractivity contribution in [1.29, 1.82) is 0 Å². The SMILES string of the molecule is Cn1c(-c2ccccc2)nc2c1c(=O)[nH]c(=O)n2C. The van der Waals surface area contributed by atoms with E-state index < -0.39 is 11.2 Å². The fraction of sp³-hybridized carbons (Fsp3) is 0.154. The van der Waals surface area contributed by atoms with Gasteiger partial charge in [-0.05, 0) is 0 Å². The van der Waals surface area contributed by atoms with Crippen molar-refractivity contribution in [2.75, 3.05) is 0 Å². The van der Waals surface area contributed by atoms with Gasteiger partial charge in [0.15, 0.2) is 11.2 Å². The molecule has 0 bridgehead atoms. The summed E-state index contributed by atoms with van der Waals surface area (Å²) in [7, 11) is 3.35. The average molecular weight is 256 g/mol. The highest BCUT2D eigenvalue weighted by molar-refractivity contribution is 5.76. The van der Waals surface area contributed by atoms with Crippen LogP contribution in [-0.4, -0.2) is 19.1 Å². The van der Waals surface area contributed by atoms with Crippen LogP contribution in [0.5, 0.6) is 0 Å². The monoisotopic (exact) mass is 256 g/mol. The van der Waals surface area contributed by atoms with E-state index in [9.17, 15) is 9.59 Å². The van der Waals surface area contributed by atoms with E-state index in [1.165, 1.54) is 4.57 Å². The summed E-state index contributed by atoms with van der Waals surface area (Å²) < 4.78 is 3.03. The quantitative estimate of drug-likeness (QED) is 0.694. The molecule has 0 amide bonds. The fourth-order valence-electron chi connectivity index (χ4n) is 2.15. The third kappa shape index (κ3) is 1.61. The van der Waals surface area contributed by atoms with Crippen LogP contribution in [0.15, 0.2) is 39.9 Å². The topological polar surface area (TPSA) is 72.7 Å². The zero-order valence-electron chi connectivity index (χ0n) is 10.5. The molecule has 2 aromatic heterocycles. The highest BCUT2D eigenvalue weighted by atomic mass is 16.2. The highest BCUT2D eigenvalue weighted by Crippen LogP contribution is 2.20. The van der Waals surface area contributed by atoms with Crippen molar-refractivity contribution in [2.24, 2.45) is 14.1 Å². The largest absolute Gasteiger partial charge is 0.329 e. The van der Waals surface area contributed by atoms with E-state index in [4.69, 9.17) is 0 Å². The van der Waals surface area contributed by atoms with Gasteiger partial charge >= 0.3 is 5.69 Å². The minimum absolute atomic E-state index is 0.384. The molecule has 96 valence electrons. The molecule has 0 saturated heterocycles. The van der Waals surface area contributed by atoms with Gasteiger partial charge in [-0.1, -0.05) is 30.3 Å². The van der Waals surface area contributed by atoms with E-state index in [1.54, 1.807) is 18.7 Å². The summed E-state index contributed by atoms with van der Waals surface area (Å²) in [4.78, 5) is 30.1. The maximum Gasteiger partial charge on any atom is 0.329 e. The van der Waals surface area contributed by atoms with Gasteiger partial charge in [-0.3, -0.25) is 14.3 Å². The number of H-pyrrole nitrogens is 1. The van der Waals surface area contributed by atoms with Crippen LogP contribution < -0.4 is 11.2 Å². The van der Waals surface area contributed by atoms with Gasteiger partial charge in [0.1, 0.15) is 5.82 Å². The molecule has 0 aliphatic rings. The Labute approximate surface area is 108 Å². The number of imidazole rings is 1. The third-order valence-corrected chi connectivity index (χ3v) is 3.17. The number of aromatic nitrogens is 4. The van der Waals surface area contributed by atoms with E-state index in [2.05, 4.69) is 9.97 Å². The van der Waals surface area contributed by atoms with Gasteiger partial charge in [-0.2, -0.15) is 0 Å². The molecular formula is C13H12N4O2. The van der Waals surface area contributed by atoms with Gasteiger partial charge in [0.25, 0.3) is 5.56 Å². The number of hydrogen-bond acceptors (Lipinski definition) is 3. The normalized spacial score (nSPS) is 11.1. The second-order valence-corrected chi connectivity index (χ2v) is 4.35. The number of aryl methyl sites for hydroxylation is 2. The lowest BCUT2D eigenvalue weighted by Crippen LogP contribution is -2.29. The Kier molecular flexibility index (Phi) is 2.38. The summed E-state index contributed by atoms with van der Waals surface area (Å²) in [6.07, 6.45) is 0. The minimum atomic E-state index is -0.463.